The predicted octanol–water partition coefficient (Wildman–Crippen LogP) is 4.20. The Labute approximate surface area is 135 Å². The number of esters is 1. The van der Waals surface area contributed by atoms with Crippen LogP contribution in [-0.2, 0) is 14.3 Å². The van der Waals surface area contributed by atoms with E-state index in [9.17, 15) is 9.59 Å². The molecule has 0 aliphatic rings. The number of hydrogen-bond acceptors (Lipinski definition) is 4. The first kappa shape index (κ1) is 20.7. The van der Waals surface area contributed by atoms with Crippen LogP contribution >= 0.6 is 0 Å². The van der Waals surface area contributed by atoms with Gasteiger partial charge in [0.25, 0.3) is 0 Å². The van der Waals surface area contributed by atoms with Crippen LogP contribution < -0.4 is 5.32 Å². The summed E-state index contributed by atoms with van der Waals surface area (Å²) >= 11 is 0. The average molecular weight is 315 g/mol. The number of nitrogens with one attached hydrogen (secondary N) is 1. The highest BCUT2D eigenvalue weighted by atomic mass is 16.5. The fraction of sp³-hybridized carbons (Fsp3) is 0.882. The second-order valence-electron chi connectivity index (χ2n) is 5.60. The van der Waals surface area contributed by atoms with E-state index >= 15 is 0 Å². The molecule has 0 spiro atoms. The molecular weight excluding hydrogens is 282 g/mol. The van der Waals surface area contributed by atoms with Gasteiger partial charge in [0.2, 0.25) is 0 Å². The third kappa shape index (κ3) is 15.1. The van der Waals surface area contributed by atoms with Gasteiger partial charge in [-0.3, -0.25) is 4.79 Å². The average Bonchev–Trinajstić information content (AvgIpc) is 2.53. The van der Waals surface area contributed by atoms with Crippen molar-refractivity contribution in [3.8, 4) is 0 Å². The van der Waals surface area contributed by atoms with E-state index in [1.165, 1.54) is 64.9 Å². The van der Waals surface area contributed by atoms with Crippen molar-refractivity contribution in [1.29, 1.82) is 0 Å². The highest BCUT2D eigenvalue weighted by molar-refractivity contribution is 5.77. The van der Waals surface area contributed by atoms with Crippen molar-refractivity contribution in [2.24, 2.45) is 0 Å². The second-order valence-corrected chi connectivity index (χ2v) is 5.60. The van der Waals surface area contributed by atoms with Crippen LogP contribution in [0.15, 0.2) is 0 Å². The largest absolute Gasteiger partial charge is 0.464 e. The molecule has 5 nitrogen and oxygen atoms in total. The summed E-state index contributed by atoms with van der Waals surface area (Å²) in [7, 11) is 1.26. The van der Waals surface area contributed by atoms with E-state index in [2.05, 4.69) is 17.0 Å². The summed E-state index contributed by atoms with van der Waals surface area (Å²) in [5.41, 5.74) is 0. The van der Waals surface area contributed by atoms with Gasteiger partial charge in [0.15, 0.2) is 0 Å². The zero-order valence-electron chi connectivity index (χ0n) is 14.3. The van der Waals surface area contributed by atoms with Crippen LogP contribution in [0.3, 0.4) is 0 Å². The van der Waals surface area contributed by atoms with Gasteiger partial charge in [-0.05, 0) is 6.42 Å². The van der Waals surface area contributed by atoms with E-state index in [1.54, 1.807) is 0 Å². The molecular formula is C17H33NO4. The molecule has 0 rings (SSSR count). The van der Waals surface area contributed by atoms with E-state index in [-0.39, 0.29) is 6.54 Å². The van der Waals surface area contributed by atoms with Crippen molar-refractivity contribution < 1.29 is 19.1 Å². The van der Waals surface area contributed by atoms with Crippen LogP contribution in [0.25, 0.3) is 0 Å². The van der Waals surface area contributed by atoms with Crippen molar-refractivity contribution >= 4 is 12.1 Å². The molecule has 1 amide bonds. The van der Waals surface area contributed by atoms with E-state index in [0.717, 1.165) is 12.8 Å². The molecule has 0 bridgehead atoms. The minimum absolute atomic E-state index is 0.134. The van der Waals surface area contributed by atoms with Crippen molar-refractivity contribution in [3.05, 3.63) is 0 Å². The molecule has 0 aromatic carbocycles. The second kappa shape index (κ2) is 16.1. The molecule has 0 aromatic heterocycles. The zero-order valence-corrected chi connectivity index (χ0v) is 14.3. The smallest absolute Gasteiger partial charge is 0.407 e. The van der Waals surface area contributed by atoms with Gasteiger partial charge in [-0.1, -0.05) is 71.1 Å². The van der Waals surface area contributed by atoms with E-state index in [0.29, 0.717) is 6.61 Å². The first-order chi connectivity index (χ1) is 10.7. The van der Waals surface area contributed by atoms with Gasteiger partial charge in [-0.2, -0.15) is 0 Å². The van der Waals surface area contributed by atoms with Crippen molar-refractivity contribution in [3.63, 3.8) is 0 Å². The Balaban J connectivity index is 3.16. The van der Waals surface area contributed by atoms with Crippen LogP contribution in [-0.4, -0.2) is 32.3 Å². The van der Waals surface area contributed by atoms with Gasteiger partial charge < -0.3 is 14.8 Å². The third-order valence-electron chi connectivity index (χ3n) is 3.57. The lowest BCUT2D eigenvalue weighted by molar-refractivity contribution is -0.142. The Bertz CT molecular complexity index is 282. The van der Waals surface area contributed by atoms with Gasteiger partial charge in [-0.25, -0.2) is 4.79 Å². The fourth-order valence-corrected chi connectivity index (χ4v) is 2.22. The molecule has 0 radical (unpaired) electrons. The van der Waals surface area contributed by atoms with Gasteiger partial charge in [0, 0.05) is 0 Å². The van der Waals surface area contributed by atoms with Gasteiger partial charge in [0.05, 0.1) is 13.7 Å². The third-order valence-corrected chi connectivity index (χ3v) is 3.57. The molecule has 0 aliphatic heterocycles. The summed E-state index contributed by atoms with van der Waals surface area (Å²) in [5.74, 6) is -0.419. The number of unbranched alkanes of at least 4 members (excludes halogenated alkanes) is 10. The monoisotopic (exact) mass is 315 g/mol. The first-order valence-electron chi connectivity index (χ1n) is 8.68. The Hall–Kier alpha value is -1.26. The van der Waals surface area contributed by atoms with Crippen LogP contribution in [0.5, 0.6) is 0 Å². The predicted molar refractivity (Wildman–Crippen MR) is 87.8 cm³/mol. The summed E-state index contributed by atoms with van der Waals surface area (Å²) in [6.45, 7) is 2.54. The number of carbonyl (C=O) groups is 2. The van der Waals surface area contributed by atoms with Gasteiger partial charge in [0.1, 0.15) is 6.54 Å². The number of alkyl carbamates (subject to hydrolysis) is 1. The molecule has 0 aliphatic carbocycles. The van der Waals surface area contributed by atoms with Gasteiger partial charge in [-0.15, -0.1) is 0 Å². The lowest BCUT2D eigenvalue weighted by Crippen LogP contribution is -2.30. The molecule has 22 heavy (non-hydrogen) atoms. The fourth-order valence-electron chi connectivity index (χ4n) is 2.22. The minimum Gasteiger partial charge on any atom is -0.464 e. The molecule has 0 atom stereocenters. The number of methoxy groups -OCH3 is 1. The number of hydrogen-bond donors (Lipinski definition) is 1. The van der Waals surface area contributed by atoms with Crippen molar-refractivity contribution in [2.45, 2.75) is 77.6 Å². The standard InChI is InChI=1S/C17H33NO4/c1-3-4-5-6-7-8-9-10-11-12-13-14-22-16(19)15-18-17(20)21-2/h3-15H2,1-2H3,(H,18,20). The summed E-state index contributed by atoms with van der Waals surface area (Å²) in [4.78, 5) is 22.0. The maximum Gasteiger partial charge on any atom is 0.407 e. The Kier molecular flexibility index (Phi) is 15.2. The number of ether oxygens (including phenoxy) is 2. The minimum atomic E-state index is -0.619. The van der Waals surface area contributed by atoms with Crippen LogP contribution in [0.1, 0.15) is 77.6 Å². The highest BCUT2D eigenvalue weighted by Crippen LogP contribution is 2.11. The number of amides is 1. The van der Waals surface area contributed by atoms with Crippen LogP contribution in [0.2, 0.25) is 0 Å². The van der Waals surface area contributed by atoms with Crippen molar-refractivity contribution in [2.75, 3.05) is 20.3 Å². The molecule has 0 aromatic rings. The summed E-state index contributed by atoms with van der Waals surface area (Å²) in [5, 5.41) is 2.29. The van der Waals surface area contributed by atoms with Crippen LogP contribution in [0, 0.1) is 0 Å². The first-order valence-corrected chi connectivity index (χ1v) is 8.68. The molecule has 0 fully saturated rings. The highest BCUT2D eigenvalue weighted by Gasteiger charge is 2.05. The van der Waals surface area contributed by atoms with Crippen LogP contribution in [0.4, 0.5) is 4.79 Å². The number of rotatable bonds is 14. The molecule has 0 heterocycles. The maximum absolute atomic E-state index is 11.3. The Morgan fingerprint density at radius 3 is 1.82 bits per heavy atom. The normalized spacial score (nSPS) is 10.3. The number of carbonyl (C=O) groups excluding carboxylic acids is 2. The molecule has 0 unspecified atom stereocenters. The molecule has 0 saturated heterocycles. The molecule has 5 heteroatoms. The Morgan fingerprint density at radius 1 is 0.818 bits per heavy atom. The summed E-state index contributed by atoms with van der Waals surface area (Å²) in [6, 6.07) is 0. The lowest BCUT2D eigenvalue weighted by atomic mass is 10.1. The van der Waals surface area contributed by atoms with E-state index in [4.69, 9.17) is 4.74 Å². The molecule has 130 valence electrons. The van der Waals surface area contributed by atoms with E-state index in [1.807, 2.05) is 0 Å². The zero-order chi connectivity index (χ0) is 16.5. The summed E-state index contributed by atoms with van der Waals surface area (Å²) < 4.78 is 9.37. The lowest BCUT2D eigenvalue weighted by Gasteiger charge is -2.06. The van der Waals surface area contributed by atoms with Gasteiger partial charge >= 0.3 is 12.1 Å². The Morgan fingerprint density at radius 2 is 1.32 bits per heavy atom. The topological polar surface area (TPSA) is 64.6 Å². The SMILES string of the molecule is CCCCCCCCCCCCCOC(=O)CNC(=O)OC. The molecule has 0 saturated carbocycles. The quantitative estimate of drug-likeness (QED) is 0.385. The molecule has 1 N–H and O–H groups in total. The van der Waals surface area contributed by atoms with Crippen molar-refractivity contribution in [1.82, 2.24) is 5.32 Å². The maximum atomic E-state index is 11.3. The summed E-state index contributed by atoms with van der Waals surface area (Å²) in [6.07, 6.45) is 13.3. The van der Waals surface area contributed by atoms with E-state index < -0.39 is 12.1 Å².